The lowest BCUT2D eigenvalue weighted by molar-refractivity contribution is -0.122. The van der Waals surface area contributed by atoms with Gasteiger partial charge in [0.1, 0.15) is 12.2 Å². The van der Waals surface area contributed by atoms with E-state index in [-0.39, 0.29) is 5.57 Å². The van der Waals surface area contributed by atoms with Gasteiger partial charge >= 0.3 is 6.03 Å². The maximum Gasteiger partial charge on any atom is 0.335 e. The molecule has 1 N–H and O–H groups in total. The standard InChI is InChI=1S/C26H20ClIN2O5/c1-2-34-23-14-17(5-12-22(23)35-15-16-3-8-19(28)9-4-16)13-21-24(31)29-26(33)30(25(21)32)20-10-6-18(27)7-11-20/h3-14H,2,15H2,1H3,(H,29,31,33)/b21-13+. The van der Waals surface area contributed by atoms with Crippen LogP contribution in [0.5, 0.6) is 11.5 Å². The number of anilines is 1. The Morgan fingerprint density at radius 1 is 0.943 bits per heavy atom. The molecule has 4 rings (SSSR count). The normalized spacial score (nSPS) is 14.8. The number of carbonyl (C=O) groups excluding carboxylic acids is 3. The van der Waals surface area contributed by atoms with Crippen molar-refractivity contribution in [1.82, 2.24) is 5.32 Å². The van der Waals surface area contributed by atoms with Gasteiger partial charge in [0.25, 0.3) is 11.8 Å². The van der Waals surface area contributed by atoms with Crippen LogP contribution in [0.1, 0.15) is 18.1 Å². The number of hydrogen-bond donors (Lipinski definition) is 1. The largest absolute Gasteiger partial charge is 0.490 e. The van der Waals surface area contributed by atoms with Crippen molar-refractivity contribution in [3.63, 3.8) is 0 Å². The first-order chi connectivity index (χ1) is 16.9. The number of rotatable bonds is 7. The Bertz CT molecular complexity index is 1310. The van der Waals surface area contributed by atoms with Crippen LogP contribution in [0.4, 0.5) is 10.5 Å². The Labute approximate surface area is 220 Å². The van der Waals surface area contributed by atoms with Gasteiger partial charge in [-0.1, -0.05) is 29.8 Å². The molecule has 0 unspecified atom stereocenters. The summed E-state index contributed by atoms with van der Waals surface area (Å²) in [5.74, 6) is -0.508. The van der Waals surface area contributed by atoms with Crippen molar-refractivity contribution in [3.8, 4) is 11.5 Å². The molecule has 35 heavy (non-hydrogen) atoms. The molecule has 0 radical (unpaired) electrons. The fraction of sp³-hybridized carbons (Fsp3) is 0.115. The highest BCUT2D eigenvalue weighted by atomic mass is 127. The molecule has 0 saturated carbocycles. The molecular weight excluding hydrogens is 583 g/mol. The number of barbiturate groups is 1. The van der Waals surface area contributed by atoms with E-state index < -0.39 is 17.8 Å². The van der Waals surface area contributed by atoms with Crippen molar-refractivity contribution in [2.75, 3.05) is 11.5 Å². The Balaban J connectivity index is 1.60. The maximum absolute atomic E-state index is 13.1. The number of benzene rings is 3. The number of hydrogen-bond acceptors (Lipinski definition) is 5. The number of imide groups is 2. The molecule has 1 fully saturated rings. The number of nitrogens with one attached hydrogen (secondary N) is 1. The van der Waals surface area contributed by atoms with E-state index in [9.17, 15) is 14.4 Å². The van der Waals surface area contributed by atoms with Gasteiger partial charge in [0.05, 0.1) is 12.3 Å². The summed E-state index contributed by atoms with van der Waals surface area (Å²) in [5, 5.41) is 2.66. The molecule has 0 atom stereocenters. The van der Waals surface area contributed by atoms with E-state index in [0.29, 0.717) is 41.0 Å². The van der Waals surface area contributed by atoms with Crippen molar-refractivity contribution in [1.29, 1.82) is 0 Å². The molecule has 7 nitrogen and oxygen atoms in total. The number of halogens is 2. The van der Waals surface area contributed by atoms with Gasteiger partial charge in [0.2, 0.25) is 0 Å². The second-order valence-electron chi connectivity index (χ2n) is 7.49. The van der Waals surface area contributed by atoms with Crippen molar-refractivity contribution in [3.05, 3.63) is 92.0 Å². The van der Waals surface area contributed by atoms with Crippen molar-refractivity contribution in [2.24, 2.45) is 0 Å². The molecule has 1 heterocycles. The molecule has 1 aliphatic heterocycles. The molecule has 9 heteroatoms. The summed E-state index contributed by atoms with van der Waals surface area (Å²) in [6.45, 7) is 2.61. The van der Waals surface area contributed by atoms with Crippen LogP contribution in [0.15, 0.2) is 72.3 Å². The second kappa shape index (κ2) is 10.9. The number of nitrogens with zero attached hydrogens (tertiary/aromatic N) is 1. The average Bonchev–Trinajstić information content (AvgIpc) is 2.83. The van der Waals surface area contributed by atoms with Crippen LogP contribution in [0, 0.1) is 3.57 Å². The quantitative estimate of drug-likeness (QED) is 0.217. The zero-order valence-corrected chi connectivity index (χ0v) is 21.5. The smallest absolute Gasteiger partial charge is 0.335 e. The fourth-order valence-corrected chi connectivity index (χ4v) is 3.88. The highest BCUT2D eigenvalue weighted by molar-refractivity contribution is 14.1. The first-order valence-electron chi connectivity index (χ1n) is 10.7. The lowest BCUT2D eigenvalue weighted by Gasteiger charge is -2.26. The first kappa shape index (κ1) is 24.7. The summed E-state index contributed by atoms with van der Waals surface area (Å²) in [4.78, 5) is 38.8. The predicted octanol–water partition coefficient (Wildman–Crippen LogP) is 5.59. The monoisotopic (exact) mass is 602 g/mol. The summed E-state index contributed by atoms with van der Waals surface area (Å²) in [5.41, 5.74) is 1.66. The summed E-state index contributed by atoms with van der Waals surface area (Å²) in [6.07, 6.45) is 1.42. The summed E-state index contributed by atoms with van der Waals surface area (Å²) < 4.78 is 12.8. The zero-order valence-electron chi connectivity index (χ0n) is 18.6. The minimum absolute atomic E-state index is 0.186. The van der Waals surface area contributed by atoms with E-state index in [1.165, 1.54) is 18.2 Å². The molecule has 0 spiro atoms. The summed E-state index contributed by atoms with van der Waals surface area (Å²) in [6, 6.07) is 18.4. The van der Waals surface area contributed by atoms with Crippen LogP contribution < -0.4 is 19.7 Å². The van der Waals surface area contributed by atoms with Crippen LogP contribution in [0.25, 0.3) is 6.08 Å². The van der Waals surface area contributed by atoms with Gasteiger partial charge in [-0.2, -0.15) is 0 Å². The Morgan fingerprint density at radius 3 is 2.34 bits per heavy atom. The highest BCUT2D eigenvalue weighted by Crippen LogP contribution is 2.31. The van der Waals surface area contributed by atoms with Gasteiger partial charge in [-0.15, -0.1) is 0 Å². The first-order valence-corrected chi connectivity index (χ1v) is 12.1. The molecule has 1 aliphatic rings. The van der Waals surface area contributed by atoms with E-state index >= 15 is 0 Å². The van der Waals surface area contributed by atoms with Gasteiger partial charge in [0.15, 0.2) is 11.5 Å². The van der Waals surface area contributed by atoms with Crippen LogP contribution in [0.3, 0.4) is 0 Å². The van der Waals surface area contributed by atoms with E-state index in [4.69, 9.17) is 21.1 Å². The SMILES string of the molecule is CCOc1cc(/C=C2\C(=O)NC(=O)N(c3ccc(Cl)cc3)C2=O)ccc1OCc1ccc(I)cc1. The summed E-state index contributed by atoms with van der Waals surface area (Å²) in [7, 11) is 0. The lowest BCUT2D eigenvalue weighted by atomic mass is 10.1. The van der Waals surface area contributed by atoms with Crippen molar-refractivity contribution >= 4 is 63.8 Å². The highest BCUT2D eigenvalue weighted by Gasteiger charge is 2.36. The van der Waals surface area contributed by atoms with Gasteiger partial charge in [-0.05, 0) is 95.2 Å². The zero-order chi connectivity index (χ0) is 24.9. The van der Waals surface area contributed by atoms with E-state index in [0.717, 1.165) is 14.0 Å². The fourth-order valence-electron chi connectivity index (χ4n) is 3.39. The molecule has 4 amide bonds. The predicted molar refractivity (Wildman–Crippen MR) is 142 cm³/mol. The minimum Gasteiger partial charge on any atom is -0.490 e. The summed E-state index contributed by atoms with van der Waals surface area (Å²) >= 11 is 8.15. The number of urea groups is 1. The van der Waals surface area contributed by atoms with Crippen LogP contribution >= 0.6 is 34.2 Å². The van der Waals surface area contributed by atoms with E-state index in [1.807, 2.05) is 31.2 Å². The molecule has 3 aromatic carbocycles. The molecular formula is C26H20ClIN2O5. The van der Waals surface area contributed by atoms with Crippen molar-refractivity contribution in [2.45, 2.75) is 13.5 Å². The van der Waals surface area contributed by atoms with E-state index in [2.05, 4.69) is 27.9 Å². The molecule has 178 valence electrons. The van der Waals surface area contributed by atoms with Crippen LogP contribution in [0.2, 0.25) is 5.02 Å². The maximum atomic E-state index is 13.1. The molecule has 0 bridgehead atoms. The van der Waals surface area contributed by atoms with Crippen molar-refractivity contribution < 1.29 is 23.9 Å². The third kappa shape index (κ3) is 5.83. The van der Waals surface area contributed by atoms with Gasteiger partial charge in [-0.3, -0.25) is 14.9 Å². The van der Waals surface area contributed by atoms with Gasteiger partial charge < -0.3 is 9.47 Å². The number of ether oxygens (including phenoxy) is 2. The third-order valence-electron chi connectivity index (χ3n) is 5.07. The van der Waals surface area contributed by atoms with Crippen LogP contribution in [-0.4, -0.2) is 24.5 Å². The Morgan fingerprint density at radius 2 is 1.66 bits per heavy atom. The average molecular weight is 603 g/mol. The Hall–Kier alpha value is -3.37. The van der Waals surface area contributed by atoms with Crippen LogP contribution in [-0.2, 0) is 16.2 Å². The molecule has 1 saturated heterocycles. The minimum atomic E-state index is -0.825. The topological polar surface area (TPSA) is 84.9 Å². The number of carbonyl (C=O) groups is 3. The van der Waals surface area contributed by atoms with E-state index in [1.54, 1.807) is 30.3 Å². The van der Waals surface area contributed by atoms with Gasteiger partial charge in [-0.25, -0.2) is 9.69 Å². The molecule has 3 aromatic rings. The second-order valence-corrected chi connectivity index (χ2v) is 9.17. The molecule has 0 aliphatic carbocycles. The lowest BCUT2D eigenvalue weighted by Crippen LogP contribution is -2.54. The number of amides is 4. The Kier molecular flexibility index (Phi) is 7.72. The van der Waals surface area contributed by atoms with Gasteiger partial charge in [0, 0.05) is 8.59 Å². The third-order valence-corrected chi connectivity index (χ3v) is 6.04. The molecule has 0 aromatic heterocycles.